The lowest BCUT2D eigenvalue weighted by Crippen LogP contribution is -2.45. The van der Waals surface area contributed by atoms with Gasteiger partial charge in [0.15, 0.2) is 6.23 Å². The predicted molar refractivity (Wildman–Crippen MR) is 126 cm³/mol. The van der Waals surface area contributed by atoms with Crippen molar-refractivity contribution in [3.05, 3.63) is 63.4 Å². The highest BCUT2D eigenvalue weighted by Gasteiger charge is 2.53. The van der Waals surface area contributed by atoms with Gasteiger partial charge in [0, 0.05) is 12.3 Å². The van der Waals surface area contributed by atoms with Crippen LogP contribution in [0.4, 0.5) is 0 Å². The van der Waals surface area contributed by atoms with Gasteiger partial charge in [0.2, 0.25) is 0 Å². The molecule has 1 aliphatic rings. The van der Waals surface area contributed by atoms with Crippen molar-refractivity contribution in [1.29, 1.82) is 0 Å². The monoisotopic (exact) mass is 527 g/mol. The van der Waals surface area contributed by atoms with E-state index in [9.17, 15) is 29.2 Å². The first-order valence-electron chi connectivity index (χ1n) is 11.2. The summed E-state index contributed by atoms with van der Waals surface area (Å²) >= 11 is 0. The lowest BCUT2D eigenvalue weighted by atomic mass is 9.99. The van der Waals surface area contributed by atoms with Crippen molar-refractivity contribution in [1.82, 2.24) is 14.6 Å². The molecule has 0 spiro atoms. The number of aliphatic hydroxyl groups excluding tert-OH is 2. The molecule has 1 fully saturated rings. The van der Waals surface area contributed by atoms with Crippen LogP contribution in [0.2, 0.25) is 0 Å². The lowest BCUT2D eigenvalue weighted by Gasteiger charge is -2.30. The summed E-state index contributed by atoms with van der Waals surface area (Å²) in [4.78, 5) is 37.8. The highest BCUT2D eigenvalue weighted by Crippen LogP contribution is 2.47. The molecule has 2 aromatic rings. The van der Waals surface area contributed by atoms with E-state index < -0.39 is 67.8 Å². The summed E-state index contributed by atoms with van der Waals surface area (Å²) in [6, 6.07) is 8.02. The largest absolute Gasteiger partial charge is 0.462 e. The Bertz CT molecular complexity index is 1220. The highest BCUT2D eigenvalue weighted by atomic mass is 31.2. The van der Waals surface area contributed by atoms with Crippen molar-refractivity contribution in [2.75, 3.05) is 6.61 Å². The van der Waals surface area contributed by atoms with E-state index in [2.05, 4.69) is 5.09 Å². The van der Waals surface area contributed by atoms with Crippen LogP contribution in [0.5, 0.6) is 5.75 Å². The molecule has 1 unspecified atom stereocenters. The number of carbonyl (C=O) groups is 1. The fraction of sp³-hybridized carbons (Fsp3) is 0.500. The van der Waals surface area contributed by atoms with Crippen molar-refractivity contribution in [3.8, 4) is 5.75 Å². The van der Waals surface area contributed by atoms with Gasteiger partial charge in [0.1, 0.15) is 29.6 Å². The molecule has 198 valence electrons. The average Bonchev–Trinajstić information content (AvgIpc) is 3.02. The Labute approximate surface area is 206 Å². The summed E-state index contributed by atoms with van der Waals surface area (Å²) in [5.74, 6) is -0.518. The van der Waals surface area contributed by atoms with Gasteiger partial charge in [-0.05, 0) is 39.8 Å². The van der Waals surface area contributed by atoms with Gasteiger partial charge in [0.25, 0.3) is 5.56 Å². The van der Waals surface area contributed by atoms with E-state index in [1.807, 2.05) is 4.98 Å². The maximum Gasteiger partial charge on any atom is 0.459 e. The number of hydrogen-bond acceptors (Lipinski definition) is 10. The van der Waals surface area contributed by atoms with Gasteiger partial charge >= 0.3 is 19.4 Å². The van der Waals surface area contributed by atoms with Crippen LogP contribution < -0.4 is 20.9 Å². The Morgan fingerprint density at radius 3 is 2.50 bits per heavy atom. The molecular formula is C22H30N3O10P. The summed E-state index contributed by atoms with van der Waals surface area (Å²) in [6.07, 6.45) is -3.85. The van der Waals surface area contributed by atoms with E-state index >= 15 is 0 Å². The normalized spacial score (nSPS) is 26.4. The third-order valence-electron chi connectivity index (χ3n) is 5.30. The van der Waals surface area contributed by atoms with Crippen LogP contribution in [0.25, 0.3) is 0 Å². The van der Waals surface area contributed by atoms with Gasteiger partial charge < -0.3 is 24.2 Å². The van der Waals surface area contributed by atoms with E-state index in [1.54, 1.807) is 32.0 Å². The standard InChI is InChI=1S/C22H30N3O10P/c1-13(2)33-20(29)14(3)24-36(31,35-15-8-6-5-7-9-15)32-12-22(4)18(28)17(27)19(34-22)25-11-10-16(26)23-21(25)30/h5-11,13-14,17-19,27-28H,12H2,1-4H3,(H,24,31)(H,23,26,30)/t14-,17+,18-,19+,22+,36?/m0/s1. The number of benzene rings is 1. The Morgan fingerprint density at radius 1 is 1.22 bits per heavy atom. The number of nitrogens with zero attached hydrogens (tertiary/aromatic N) is 1. The Hall–Kier alpha value is -2.80. The molecule has 2 heterocycles. The third kappa shape index (κ3) is 6.49. The number of hydrogen-bond donors (Lipinski definition) is 4. The molecular weight excluding hydrogens is 497 g/mol. The van der Waals surface area contributed by atoms with Crippen molar-refractivity contribution >= 4 is 13.7 Å². The molecule has 3 rings (SSSR count). The number of rotatable bonds is 10. The first-order valence-corrected chi connectivity index (χ1v) is 12.7. The maximum atomic E-state index is 13.7. The van der Waals surface area contributed by atoms with Gasteiger partial charge in [0.05, 0.1) is 12.7 Å². The van der Waals surface area contributed by atoms with E-state index in [0.29, 0.717) is 0 Å². The van der Waals surface area contributed by atoms with E-state index in [1.165, 1.54) is 26.0 Å². The van der Waals surface area contributed by atoms with E-state index in [-0.39, 0.29) is 5.75 Å². The van der Waals surface area contributed by atoms with Crippen molar-refractivity contribution in [2.24, 2.45) is 0 Å². The molecule has 0 bridgehead atoms. The predicted octanol–water partition coefficient (Wildman–Crippen LogP) is 0.679. The van der Waals surface area contributed by atoms with Crippen LogP contribution in [-0.2, 0) is 23.4 Å². The summed E-state index contributed by atoms with van der Waals surface area (Å²) in [5.41, 5.74) is -3.18. The van der Waals surface area contributed by atoms with Crippen LogP contribution in [0.1, 0.15) is 33.9 Å². The number of para-hydroxylation sites is 1. The van der Waals surface area contributed by atoms with Crippen LogP contribution >= 0.6 is 7.75 Å². The number of aliphatic hydroxyl groups is 2. The molecule has 36 heavy (non-hydrogen) atoms. The minimum Gasteiger partial charge on any atom is -0.462 e. The summed E-state index contributed by atoms with van der Waals surface area (Å²) in [7, 11) is -4.28. The Kier molecular flexibility index (Phi) is 8.55. The first-order chi connectivity index (χ1) is 16.8. The summed E-state index contributed by atoms with van der Waals surface area (Å²) in [5, 5.41) is 23.7. The van der Waals surface area contributed by atoms with Crippen LogP contribution in [0.3, 0.4) is 0 Å². The molecule has 1 aliphatic heterocycles. The number of H-pyrrole nitrogens is 1. The zero-order valence-corrected chi connectivity index (χ0v) is 21.1. The highest BCUT2D eigenvalue weighted by molar-refractivity contribution is 7.52. The van der Waals surface area contributed by atoms with E-state index in [4.69, 9.17) is 18.5 Å². The smallest absolute Gasteiger partial charge is 0.459 e. The molecule has 0 saturated carbocycles. The molecule has 0 radical (unpaired) electrons. The minimum atomic E-state index is -4.28. The molecule has 4 N–H and O–H groups in total. The first kappa shape index (κ1) is 27.8. The fourth-order valence-electron chi connectivity index (χ4n) is 3.45. The molecule has 0 aliphatic carbocycles. The van der Waals surface area contributed by atoms with Crippen LogP contribution in [0.15, 0.2) is 52.2 Å². The van der Waals surface area contributed by atoms with Gasteiger partial charge in [-0.25, -0.2) is 9.36 Å². The molecule has 1 aromatic carbocycles. The third-order valence-corrected chi connectivity index (χ3v) is 6.93. The molecule has 13 nitrogen and oxygen atoms in total. The second-order valence-corrected chi connectivity index (χ2v) is 10.5. The quantitative estimate of drug-likeness (QED) is 0.252. The second-order valence-electron chi connectivity index (χ2n) is 8.79. The second kappa shape index (κ2) is 11.1. The van der Waals surface area contributed by atoms with Crippen molar-refractivity contribution in [3.63, 3.8) is 0 Å². The number of carbonyl (C=O) groups excluding carboxylic acids is 1. The maximum absolute atomic E-state index is 13.7. The van der Waals surface area contributed by atoms with Gasteiger partial charge in [-0.1, -0.05) is 18.2 Å². The van der Waals surface area contributed by atoms with Gasteiger partial charge in [-0.3, -0.25) is 23.7 Å². The molecule has 1 saturated heterocycles. The van der Waals surface area contributed by atoms with Crippen molar-refractivity contribution < 1.29 is 38.1 Å². The van der Waals surface area contributed by atoms with Gasteiger partial charge in [-0.15, -0.1) is 0 Å². The Balaban J connectivity index is 1.81. The molecule has 1 aromatic heterocycles. The van der Waals surface area contributed by atoms with Crippen molar-refractivity contribution in [2.45, 2.75) is 63.9 Å². The molecule has 14 heteroatoms. The summed E-state index contributed by atoms with van der Waals surface area (Å²) < 4.78 is 36.6. The van der Waals surface area contributed by atoms with Crippen LogP contribution in [0, 0.1) is 0 Å². The molecule has 0 amide bonds. The Morgan fingerprint density at radius 2 is 1.89 bits per heavy atom. The average molecular weight is 527 g/mol. The number of aromatic amines is 1. The topological polar surface area (TPSA) is 178 Å². The van der Waals surface area contributed by atoms with E-state index in [0.717, 1.165) is 16.8 Å². The minimum absolute atomic E-state index is 0.175. The van der Waals surface area contributed by atoms with Crippen LogP contribution in [-0.4, -0.2) is 62.3 Å². The summed E-state index contributed by atoms with van der Waals surface area (Å²) in [6.45, 7) is 5.54. The van der Waals surface area contributed by atoms with Gasteiger partial charge in [-0.2, -0.15) is 5.09 Å². The number of ether oxygens (including phenoxy) is 2. The molecule has 6 atom stereocenters. The SMILES string of the molecule is CC(C)OC(=O)[C@H](C)NP(=O)(OC[C@@]1(C)O[C@@H](n2ccc(=O)[nH]c2=O)[C@H](O)[C@@H]1O)Oc1ccccc1. The zero-order chi connectivity index (χ0) is 26.7. The zero-order valence-electron chi connectivity index (χ0n) is 20.2. The number of aromatic nitrogens is 2. The fourth-order valence-corrected chi connectivity index (χ4v) is 5.03. The number of nitrogens with one attached hydrogen (secondary N) is 2. The lowest BCUT2D eigenvalue weighted by molar-refractivity contribution is -0.149. The number of esters is 1.